The van der Waals surface area contributed by atoms with Crippen molar-refractivity contribution in [1.29, 1.82) is 0 Å². The zero-order valence-electron chi connectivity index (χ0n) is 18.6. The lowest BCUT2D eigenvalue weighted by molar-refractivity contribution is -0.130. The minimum Gasteiger partial charge on any atom is -0.358 e. The van der Waals surface area contributed by atoms with E-state index in [0.717, 1.165) is 28.9 Å². The zero-order chi connectivity index (χ0) is 22.0. The van der Waals surface area contributed by atoms with Crippen molar-refractivity contribution < 1.29 is 9.59 Å². The van der Waals surface area contributed by atoms with E-state index in [1.54, 1.807) is 0 Å². The van der Waals surface area contributed by atoms with Gasteiger partial charge in [0.05, 0.1) is 0 Å². The molecule has 2 atom stereocenters. The molecule has 2 aromatic carbocycles. The van der Waals surface area contributed by atoms with Crippen LogP contribution in [0.4, 0.5) is 0 Å². The van der Waals surface area contributed by atoms with Crippen molar-refractivity contribution in [3.63, 3.8) is 0 Å². The Bertz CT molecular complexity index is 1140. The van der Waals surface area contributed by atoms with Gasteiger partial charge in [-0.05, 0) is 55.9 Å². The third kappa shape index (κ3) is 4.39. The minimum absolute atomic E-state index is 0.00541. The van der Waals surface area contributed by atoms with Crippen molar-refractivity contribution in [3.05, 3.63) is 70.9 Å². The van der Waals surface area contributed by atoms with Gasteiger partial charge in [0.15, 0.2) is 0 Å². The number of H-pyrrole nitrogens is 1. The summed E-state index contributed by atoms with van der Waals surface area (Å²) in [4.78, 5) is 33.8. The Kier molecular flexibility index (Phi) is 6.17. The molecule has 1 heterocycles. The Labute approximate surface area is 183 Å². The maximum absolute atomic E-state index is 12.9. The summed E-state index contributed by atoms with van der Waals surface area (Å²) < 4.78 is 0. The third-order valence-electron chi connectivity index (χ3n) is 6.45. The van der Waals surface area contributed by atoms with E-state index in [1.165, 1.54) is 16.5 Å². The first-order valence-corrected chi connectivity index (χ1v) is 11.2. The highest BCUT2D eigenvalue weighted by Gasteiger charge is 2.37. The molecule has 1 aliphatic carbocycles. The van der Waals surface area contributed by atoms with E-state index in [9.17, 15) is 9.59 Å². The average Bonchev–Trinajstić information content (AvgIpc) is 3.08. The van der Waals surface area contributed by atoms with Crippen LogP contribution in [0.5, 0.6) is 0 Å². The van der Waals surface area contributed by atoms with Gasteiger partial charge >= 0.3 is 0 Å². The molecule has 0 radical (unpaired) electrons. The molecule has 1 N–H and O–H groups in total. The quantitative estimate of drug-likeness (QED) is 0.541. The van der Waals surface area contributed by atoms with E-state index in [4.69, 9.17) is 4.99 Å². The maximum atomic E-state index is 12.9. The van der Waals surface area contributed by atoms with Gasteiger partial charge in [0.2, 0.25) is 0 Å². The molecule has 1 fully saturated rings. The van der Waals surface area contributed by atoms with Gasteiger partial charge in [0, 0.05) is 41.7 Å². The van der Waals surface area contributed by atoms with E-state index in [0.29, 0.717) is 25.8 Å². The van der Waals surface area contributed by atoms with Gasteiger partial charge in [-0.1, -0.05) is 48.9 Å². The zero-order valence-corrected chi connectivity index (χ0v) is 18.6. The molecule has 0 aliphatic heterocycles. The van der Waals surface area contributed by atoms with Crippen LogP contribution >= 0.6 is 0 Å². The molecular formula is C27H30N2O2. The third-order valence-corrected chi connectivity index (χ3v) is 6.45. The van der Waals surface area contributed by atoms with E-state index in [-0.39, 0.29) is 17.5 Å². The van der Waals surface area contributed by atoms with Crippen molar-refractivity contribution in [2.45, 2.75) is 52.4 Å². The van der Waals surface area contributed by atoms with Crippen LogP contribution in [0.15, 0.2) is 53.5 Å². The van der Waals surface area contributed by atoms with Crippen LogP contribution in [0.2, 0.25) is 0 Å². The van der Waals surface area contributed by atoms with Gasteiger partial charge < -0.3 is 4.98 Å². The van der Waals surface area contributed by atoms with Gasteiger partial charge in [0.1, 0.15) is 17.5 Å². The number of rotatable bonds is 6. The van der Waals surface area contributed by atoms with Gasteiger partial charge in [-0.3, -0.25) is 14.6 Å². The topological polar surface area (TPSA) is 62.3 Å². The number of fused-ring (bicyclic) bond motifs is 1. The van der Waals surface area contributed by atoms with E-state index < -0.39 is 5.92 Å². The fourth-order valence-electron chi connectivity index (χ4n) is 4.80. The number of aromatic nitrogens is 1. The minimum atomic E-state index is -0.656. The Hall–Kier alpha value is -3.01. The number of aryl methyl sites for hydroxylation is 2. The molecule has 4 heteroatoms. The molecule has 0 unspecified atom stereocenters. The molecule has 0 bridgehead atoms. The predicted molar refractivity (Wildman–Crippen MR) is 126 cm³/mol. The van der Waals surface area contributed by atoms with E-state index in [1.807, 2.05) is 25.1 Å². The molecule has 1 aliphatic rings. The fraction of sp³-hybridized carbons (Fsp3) is 0.370. The molecule has 1 aromatic heterocycles. The highest BCUT2D eigenvalue weighted by Crippen LogP contribution is 2.33. The molecule has 31 heavy (non-hydrogen) atoms. The molecule has 0 amide bonds. The van der Waals surface area contributed by atoms with Crippen LogP contribution in [0.1, 0.15) is 54.5 Å². The van der Waals surface area contributed by atoms with Crippen molar-refractivity contribution >= 4 is 28.2 Å². The summed E-state index contributed by atoms with van der Waals surface area (Å²) in [6.45, 7) is 6.61. The molecular weight excluding hydrogens is 384 g/mol. The van der Waals surface area contributed by atoms with Crippen molar-refractivity contribution in [3.8, 4) is 0 Å². The molecule has 4 nitrogen and oxygen atoms in total. The summed E-state index contributed by atoms with van der Waals surface area (Å²) >= 11 is 0. The number of aromatic amines is 1. The standard InChI is InChI=1S/C27H30N2O2/c1-4-25(30)27-24(15-20(16-26(27)31)19-8-6-5-7-9-19)28-13-12-21-18(3)29-23-11-10-17(2)14-22(21)23/h5-11,14,20,27,29H,4,12-13,15-16H2,1-3H3/t20-,27+/m1/s1. The van der Waals surface area contributed by atoms with Crippen molar-refractivity contribution in [2.75, 3.05) is 6.54 Å². The molecule has 0 saturated heterocycles. The van der Waals surface area contributed by atoms with Crippen LogP contribution < -0.4 is 0 Å². The highest BCUT2D eigenvalue weighted by atomic mass is 16.2. The number of hydrogen-bond donors (Lipinski definition) is 1. The molecule has 1 saturated carbocycles. The van der Waals surface area contributed by atoms with Gasteiger partial charge in [-0.15, -0.1) is 0 Å². The smallest absolute Gasteiger partial charge is 0.149 e. The Morgan fingerprint density at radius 2 is 1.87 bits per heavy atom. The predicted octanol–water partition coefficient (Wildman–Crippen LogP) is 5.51. The van der Waals surface area contributed by atoms with Crippen LogP contribution in [0.25, 0.3) is 10.9 Å². The number of nitrogens with zero attached hydrogens (tertiary/aromatic N) is 1. The first-order valence-electron chi connectivity index (χ1n) is 11.2. The summed E-state index contributed by atoms with van der Waals surface area (Å²) in [7, 11) is 0. The van der Waals surface area contributed by atoms with Crippen LogP contribution in [0.3, 0.4) is 0 Å². The first kappa shape index (κ1) is 21.2. The summed E-state index contributed by atoms with van der Waals surface area (Å²) in [5.74, 6) is -0.541. The number of carbonyl (C=O) groups is 2. The average molecular weight is 415 g/mol. The van der Waals surface area contributed by atoms with Gasteiger partial charge in [0.25, 0.3) is 0 Å². The monoisotopic (exact) mass is 414 g/mol. The van der Waals surface area contributed by atoms with Crippen LogP contribution in [-0.2, 0) is 16.0 Å². The lowest BCUT2D eigenvalue weighted by Gasteiger charge is -2.28. The largest absolute Gasteiger partial charge is 0.358 e. The van der Waals surface area contributed by atoms with Crippen molar-refractivity contribution in [1.82, 2.24) is 4.98 Å². The summed E-state index contributed by atoms with van der Waals surface area (Å²) in [6, 6.07) is 16.6. The molecule has 160 valence electrons. The highest BCUT2D eigenvalue weighted by molar-refractivity contribution is 6.22. The molecule has 3 aromatic rings. The lowest BCUT2D eigenvalue weighted by atomic mass is 9.74. The number of benzene rings is 2. The lowest BCUT2D eigenvalue weighted by Crippen LogP contribution is -2.38. The van der Waals surface area contributed by atoms with Gasteiger partial charge in [-0.25, -0.2) is 0 Å². The fourth-order valence-corrected chi connectivity index (χ4v) is 4.80. The van der Waals surface area contributed by atoms with E-state index >= 15 is 0 Å². The number of carbonyl (C=O) groups excluding carboxylic acids is 2. The normalized spacial score (nSPS) is 20.5. The van der Waals surface area contributed by atoms with E-state index in [2.05, 4.69) is 49.2 Å². The Morgan fingerprint density at radius 3 is 2.61 bits per heavy atom. The summed E-state index contributed by atoms with van der Waals surface area (Å²) in [6.07, 6.45) is 2.25. The SMILES string of the molecule is CCC(=O)[C@H]1C(=O)C[C@H](c2ccccc2)CC1=NCCc1c(C)[nH]c2ccc(C)cc12. The summed E-state index contributed by atoms with van der Waals surface area (Å²) in [5.41, 5.74) is 6.71. The second-order valence-corrected chi connectivity index (χ2v) is 8.64. The number of aliphatic imine (C=N–C) groups is 1. The number of nitrogens with one attached hydrogen (secondary N) is 1. The Balaban J connectivity index is 1.60. The van der Waals surface area contributed by atoms with Crippen molar-refractivity contribution in [2.24, 2.45) is 10.9 Å². The summed E-state index contributed by atoms with van der Waals surface area (Å²) in [5, 5.41) is 1.24. The Morgan fingerprint density at radius 1 is 1.10 bits per heavy atom. The number of Topliss-reactive ketones (excluding diaryl/α,β-unsaturated/α-hetero) is 2. The van der Waals surface area contributed by atoms with Crippen LogP contribution in [0, 0.1) is 19.8 Å². The number of ketones is 2. The second kappa shape index (κ2) is 9.01. The first-order chi connectivity index (χ1) is 15.0. The molecule has 0 spiro atoms. The van der Waals surface area contributed by atoms with Gasteiger partial charge in [-0.2, -0.15) is 0 Å². The number of hydrogen-bond acceptors (Lipinski definition) is 3. The second-order valence-electron chi connectivity index (χ2n) is 8.64. The maximum Gasteiger partial charge on any atom is 0.149 e. The van der Waals surface area contributed by atoms with Crippen LogP contribution in [-0.4, -0.2) is 28.8 Å². The molecule has 4 rings (SSSR count).